The molecular weight excluding hydrogens is 446 g/mol. The highest BCUT2D eigenvalue weighted by molar-refractivity contribution is 9.10. The van der Waals surface area contributed by atoms with Crippen LogP contribution in [0.2, 0.25) is 5.02 Å². The predicted octanol–water partition coefficient (Wildman–Crippen LogP) is 5.70. The molecule has 142 valence electrons. The number of aromatic nitrogens is 1. The number of nitrogens with zero attached hydrogens (tertiary/aromatic N) is 3. The number of para-hydroxylation sites is 1. The zero-order valence-corrected chi connectivity index (χ0v) is 18.4. The van der Waals surface area contributed by atoms with Gasteiger partial charge in [0.05, 0.1) is 15.3 Å². The summed E-state index contributed by atoms with van der Waals surface area (Å²) in [5, 5.41) is 1.28. The van der Waals surface area contributed by atoms with E-state index < -0.39 is 0 Å². The number of likely N-dealkylation sites (N-methyl/N-ethyl adjacent to an activating group) is 1. The van der Waals surface area contributed by atoms with Crippen molar-refractivity contribution in [2.75, 3.05) is 31.1 Å². The number of carbonyl (C=O) groups excluding carboxylic acids is 1. The first-order valence-electron chi connectivity index (χ1n) is 8.89. The second-order valence-corrected chi connectivity index (χ2v) is 8.32. The van der Waals surface area contributed by atoms with Crippen LogP contribution in [0.15, 0.2) is 46.9 Å². The number of rotatable bonds is 7. The van der Waals surface area contributed by atoms with Crippen molar-refractivity contribution in [2.24, 2.45) is 0 Å². The summed E-state index contributed by atoms with van der Waals surface area (Å²) in [4.78, 5) is 22.1. The van der Waals surface area contributed by atoms with Crippen LogP contribution in [-0.4, -0.2) is 42.0 Å². The summed E-state index contributed by atoms with van der Waals surface area (Å²) < 4.78 is 1.76. The molecule has 0 aliphatic rings. The number of amides is 1. The number of fused-ring (bicyclic) bond motifs is 1. The zero-order valence-electron chi connectivity index (χ0n) is 15.3. The van der Waals surface area contributed by atoms with Gasteiger partial charge in [-0.05, 0) is 53.3 Å². The highest BCUT2D eigenvalue weighted by Crippen LogP contribution is 2.34. The van der Waals surface area contributed by atoms with Gasteiger partial charge in [-0.25, -0.2) is 4.98 Å². The molecule has 0 spiro atoms. The fraction of sp³-hybridized carbons (Fsp3) is 0.300. The van der Waals surface area contributed by atoms with E-state index in [0.717, 1.165) is 34.3 Å². The maximum absolute atomic E-state index is 13.3. The molecular formula is C20H21BrClN3OS. The molecule has 0 radical (unpaired) electrons. The molecule has 3 rings (SSSR count). The number of halogens is 2. The summed E-state index contributed by atoms with van der Waals surface area (Å²) >= 11 is 11.3. The van der Waals surface area contributed by atoms with Crippen LogP contribution in [0.5, 0.6) is 0 Å². The average Bonchev–Trinajstić information content (AvgIpc) is 3.10. The molecule has 0 atom stereocenters. The lowest BCUT2D eigenvalue weighted by Crippen LogP contribution is -2.39. The number of hydrogen-bond acceptors (Lipinski definition) is 4. The minimum atomic E-state index is -0.0650. The van der Waals surface area contributed by atoms with Crippen LogP contribution in [0.1, 0.15) is 24.2 Å². The fourth-order valence-corrected chi connectivity index (χ4v) is 4.61. The van der Waals surface area contributed by atoms with E-state index in [1.807, 2.05) is 42.5 Å². The highest BCUT2D eigenvalue weighted by Gasteiger charge is 2.23. The Bertz CT molecular complexity index is 942. The van der Waals surface area contributed by atoms with Crippen molar-refractivity contribution in [3.05, 3.63) is 57.5 Å². The minimum Gasteiger partial charge on any atom is -0.302 e. The SMILES string of the molecule is CCN(CC)CCN(C(=O)c1ccccc1Br)c1nc2c(Cl)cccc2s1. The fourth-order valence-electron chi connectivity index (χ4n) is 2.86. The van der Waals surface area contributed by atoms with E-state index in [9.17, 15) is 4.79 Å². The molecule has 0 bridgehead atoms. The maximum atomic E-state index is 13.3. The Kier molecular flexibility index (Phi) is 6.87. The van der Waals surface area contributed by atoms with Gasteiger partial charge in [-0.2, -0.15) is 0 Å². The Labute approximate surface area is 176 Å². The van der Waals surface area contributed by atoms with Crippen LogP contribution < -0.4 is 4.90 Å². The monoisotopic (exact) mass is 465 g/mol. The first kappa shape index (κ1) is 20.3. The molecule has 3 aromatic rings. The first-order valence-corrected chi connectivity index (χ1v) is 10.9. The molecule has 2 aromatic carbocycles. The molecule has 0 saturated heterocycles. The van der Waals surface area contributed by atoms with Gasteiger partial charge in [0.15, 0.2) is 5.13 Å². The molecule has 1 heterocycles. The second kappa shape index (κ2) is 9.15. The molecule has 4 nitrogen and oxygen atoms in total. The Morgan fingerprint density at radius 1 is 1.11 bits per heavy atom. The molecule has 7 heteroatoms. The molecule has 0 saturated carbocycles. The number of anilines is 1. The normalized spacial score (nSPS) is 11.3. The van der Waals surface area contributed by atoms with Gasteiger partial charge in [-0.15, -0.1) is 0 Å². The molecule has 1 amide bonds. The van der Waals surface area contributed by atoms with Gasteiger partial charge >= 0.3 is 0 Å². The average molecular weight is 467 g/mol. The molecule has 0 aliphatic carbocycles. The summed E-state index contributed by atoms with van der Waals surface area (Å²) in [5.41, 5.74) is 1.37. The quantitative estimate of drug-likeness (QED) is 0.448. The highest BCUT2D eigenvalue weighted by atomic mass is 79.9. The molecule has 27 heavy (non-hydrogen) atoms. The Morgan fingerprint density at radius 3 is 2.52 bits per heavy atom. The van der Waals surface area contributed by atoms with Crippen LogP contribution in [0.4, 0.5) is 5.13 Å². The summed E-state index contributed by atoms with van der Waals surface area (Å²) in [6, 6.07) is 13.2. The van der Waals surface area contributed by atoms with Gasteiger partial charge in [-0.1, -0.05) is 55.0 Å². The van der Waals surface area contributed by atoms with Crippen LogP contribution >= 0.6 is 38.9 Å². The van der Waals surface area contributed by atoms with Gasteiger partial charge in [0.25, 0.3) is 5.91 Å². The van der Waals surface area contributed by atoms with Crippen molar-refractivity contribution < 1.29 is 4.79 Å². The van der Waals surface area contributed by atoms with Crippen molar-refractivity contribution in [2.45, 2.75) is 13.8 Å². The Hall–Kier alpha value is -1.47. The second-order valence-electron chi connectivity index (χ2n) is 6.05. The van der Waals surface area contributed by atoms with E-state index in [4.69, 9.17) is 11.6 Å². The zero-order chi connectivity index (χ0) is 19.4. The van der Waals surface area contributed by atoms with Crippen molar-refractivity contribution in [1.82, 2.24) is 9.88 Å². The van der Waals surface area contributed by atoms with Crippen LogP contribution in [-0.2, 0) is 0 Å². The Morgan fingerprint density at radius 2 is 1.85 bits per heavy atom. The van der Waals surface area contributed by atoms with E-state index in [0.29, 0.717) is 22.3 Å². The van der Waals surface area contributed by atoms with Crippen LogP contribution in [0.3, 0.4) is 0 Å². The van der Waals surface area contributed by atoms with E-state index in [1.54, 1.807) is 4.90 Å². The largest absolute Gasteiger partial charge is 0.302 e. The molecule has 1 aromatic heterocycles. The summed E-state index contributed by atoms with van der Waals surface area (Å²) in [5.74, 6) is -0.0650. The van der Waals surface area contributed by atoms with E-state index >= 15 is 0 Å². The standard InChI is InChI=1S/C20H21BrClN3OS/c1-3-24(4-2)12-13-25(19(26)14-8-5-6-9-15(14)21)20-23-18-16(22)10-7-11-17(18)27-20/h5-11H,3-4,12-13H2,1-2H3. The third-order valence-electron chi connectivity index (χ3n) is 4.47. The lowest BCUT2D eigenvalue weighted by Gasteiger charge is -2.25. The Balaban J connectivity index is 1.99. The van der Waals surface area contributed by atoms with Gasteiger partial charge in [0, 0.05) is 17.6 Å². The lowest BCUT2D eigenvalue weighted by atomic mass is 10.2. The lowest BCUT2D eigenvalue weighted by molar-refractivity contribution is 0.0983. The van der Waals surface area contributed by atoms with Gasteiger partial charge in [0.1, 0.15) is 5.52 Å². The van der Waals surface area contributed by atoms with Crippen LogP contribution in [0, 0.1) is 0 Å². The minimum absolute atomic E-state index is 0.0650. The smallest absolute Gasteiger partial charge is 0.261 e. The topological polar surface area (TPSA) is 36.4 Å². The van der Waals surface area contributed by atoms with Crippen molar-refractivity contribution in [3.8, 4) is 0 Å². The van der Waals surface area contributed by atoms with Crippen molar-refractivity contribution in [1.29, 1.82) is 0 Å². The number of benzene rings is 2. The van der Waals surface area contributed by atoms with Crippen molar-refractivity contribution >= 4 is 60.1 Å². The molecule has 0 N–H and O–H groups in total. The van der Waals surface area contributed by atoms with Gasteiger partial charge < -0.3 is 4.90 Å². The van der Waals surface area contributed by atoms with E-state index in [1.165, 1.54) is 11.3 Å². The molecule has 0 fully saturated rings. The van der Waals surface area contributed by atoms with Crippen molar-refractivity contribution in [3.63, 3.8) is 0 Å². The van der Waals surface area contributed by atoms with E-state index in [2.05, 4.69) is 39.7 Å². The summed E-state index contributed by atoms with van der Waals surface area (Å²) in [6.07, 6.45) is 0. The predicted molar refractivity (Wildman–Crippen MR) is 118 cm³/mol. The third-order valence-corrected chi connectivity index (χ3v) is 6.51. The third kappa shape index (κ3) is 4.51. The first-order chi connectivity index (χ1) is 13.0. The van der Waals surface area contributed by atoms with Gasteiger partial charge in [0.2, 0.25) is 0 Å². The van der Waals surface area contributed by atoms with Crippen LogP contribution in [0.25, 0.3) is 10.2 Å². The molecule has 0 unspecified atom stereocenters. The summed E-state index contributed by atoms with van der Waals surface area (Å²) in [6.45, 7) is 7.49. The van der Waals surface area contributed by atoms with E-state index in [-0.39, 0.29) is 5.91 Å². The molecule has 0 aliphatic heterocycles. The number of thiazole rings is 1. The number of carbonyl (C=O) groups is 1. The summed E-state index contributed by atoms with van der Waals surface area (Å²) in [7, 11) is 0. The maximum Gasteiger partial charge on any atom is 0.261 e. The van der Waals surface area contributed by atoms with Gasteiger partial charge in [-0.3, -0.25) is 9.69 Å². The number of hydrogen-bond donors (Lipinski definition) is 0.